The molecule has 16 heteroatoms. The van der Waals surface area contributed by atoms with Gasteiger partial charge in [0.2, 0.25) is 6.10 Å². The molecule has 2 aliphatic heterocycles. The van der Waals surface area contributed by atoms with Crippen molar-refractivity contribution in [3.05, 3.63) is 53.6 Å². The number of amides is 5. The molecular formula is C36H43N5O11. The first-order valence-corrected chi connectivity index (χ1v) is 16.5. The number of rotatable bonds is 8. The van der Waals surface area contributed by atoms with Gasteiger partial charge >= 0.3 is 18.2 Å². The molecule has 278 valence electrons. The Hall–Kier alpha value is -5.53. The van der Waals surface area contributed by atoms with Gasteiger partial charge in [0.05, 0.1) is 31.4 Å². The summed E-state index contributed by atoms with van der Waals surface area (Å²) in [5, 5.41) is 12.4. The van der Waals surface area contributed by atoms with Crippen molar-refractivity contribution in [3.8, 4) is 6.07 Å². The summed E-state index contributed by atoms with van der Waals surface area (Å²) in [6.45, 7) is 11.1. The minimum absolute atomic E-state index is 0.00561. The third kappa shape index (κ3) is 10.3. The molecule has 0 aromatic heterocycles. The predicted octanol–water partition coefficient (Wildman–Crippen LogP) is 3.90. The van der Waals surface area contributed by atoms with Crippen LogP contribution in [0.1, 0.15) is 59.6 Å². The van der Waals surface area contributed by atoms with Gasteiger partial charge in [0.1, 0.15) is 17.8 Å². The predicted molar refractivity (Wildman–Crippen MR) is 185 cm³/mol. The second kappa shape index (κ2) is 16.2. The minimum Gasteiger partial charge on any atom is -0.449 e. The van der Waals surface area contributed by atoms with Crippen LogP contribution in [0, 0.1) is 11.3 Å². The van der Waals surface area contributed by atoms with E-state index < -0.39 is 59.9 Å². The molecule has 0 radical (unpaired) electrons. The first-order valence-electron chi connectivity index (χ1n) is 16.5. The molecule has 0 spiro atoms. The van der Waals surface area contributed by atoms with E-state index in [1.54, 1.807) is 70.7 Å². The summed E-state index contributed by atoms with van der Waals surface area (Å²) in [6, 6.07) is 12.9. The van der Waals surface area contributed by atoms with E-state index in [2.05, 4.69) is 5.32 Å². The van der Waals surface area contributed by atoms with Gasteiger partial charge in [0.25, 0.3) is 17.7 Å². The summed E-state index contributed by atoms with van der Waals surface area (Å²) in [5.41, 5.74) is -0.610. The number of ether oxygens (including phenoxy) is 5. The van der Waals surface area contributed by atoms with Crippen LogP contribution in [0.2, 0.25) is 0 Å². The lowest BCUT2D eigenvalue weighted by Gasteiger charge is -2.35. The zero-order valence-electron chi connectivity index (χ0n) is 30.2. The maximum Gasteiger partial charge on any atom is 0.420 e. The molecule has 2 saturated heterocycles. The lowest BCUT2D eigenvalue weighted by Crippen LogP contribution is -2.56. The number of carbonyl (C=O) groups is 6. The molecule has 16 nitrogen and oxygen atoms in total. The molecule has 2 aliphatic rings. The van der Waals surface area contributed by atoms with Gasteiger partial charge in [-0.1, -0.05) is 6.07 Å². The fraction of sp³-hybridized carbons (Fsp3) is 0.472. The third-order valence-corrected chi connectivity index (χ3v) is 7.44. The van der Waals surface area contributed by atoms with E-state index in [9.17, 15) is 34.0 Å². The van der Waals surface area contributed by atoms with Crippen LogP contribution in [0.5, 0.6) is 0 Å². The highest BCUT2D eigenvalue weighted by molar-refractivity contribution is 6.05. The van der Waals surface area contributed by atoms with Crippen molar-refractivity contribution in [2.75, 3.05) is 48.0 Å². The molecular weight excluding hydrogens is 678 g/mol. The molecule has 0 saturated carbocycles. The number of hydrogen-bond donors (Lipinski definition) is 1. The highest BCUT2D eigenvalue weighted by atomic mass is 16.6. The van der Waals surface area contributed by atoms with Crippen LogP contribution in [0.3, 0.4) is 0 Å². The Morgan fingerprint density at radius 2 is 1.56 bits per heavy atom. The molecule has 1 N–H and O–H groups in total. The van der Waals surface area contributed by atoms with Gasteiger partial charge in [-0.05, 0) is 83.5 Å². The number of nitrogens with zero attached hydrogens (tertiary/aromatic N) is 4. The van der Waals surface area contributed by atoms with Crippen LogP contribution in [0.25, 0.3) is 0 Å². The van der Waals surface area contributed by atoms with E-state index in [-0.39, 0.29) is 42.5 Å². The van der Waals surface area contributed by atoms with Gasteiger partial charge in [-0.3, -0.25) is 19.2 Å². The van der Waals surface area contributed by atoms with Crippen LogP contribution in [0.4, 0.5) is 26.7 Å². The Morgan fingerprint density at radius 3 is 2.13 bits per heavy atom. The number of carbonyl (C=O) groups excluding carboxylic acids is 6. The first-order chi connectivity index (χ1) is 24.4. The molecule has 2 fully saturated rings. The normalized spacial score (nSPS) is 17.1. The molecule has 2 aromatic carbocycles. The fourth-order valence-electron chi connectivity index (χ4n) is 5.26. The molecule has 52 heavy (non-hydrogen) atoms. The summed E-state index contributed by atoms with van der Waals surface area (Å²) in [4.78, 5) is 82.1. The Labute approximate surface area is 301 Å². The van der Waals surface area contributed by atoms with Crippen molar-refractivity contribution < 1.29 is 52.5 Å². The number of benzene rings is 2. The van der Waals surface area contributed by atoms with Gasteiger partial charge in [0.15, 0.2) is 6.10 Å². The molecule has 2 heterocycles. The SMILES string of the molecule is CC(=O)OC(C(=O)Nc1ccc(C#N)c(CN(C(=O)OC(C)(C)C)C(=O)OC(C)(C)C)c1)C1OCCN(c2cccc(N3CCOCC3=O)c2)C1=O. The van der Waals surface area contributed by atoms with Crippen LogP contribution in [-0.2, 0) is 49.4 Å². The second-order valence-electron chi connectivity index (χ2n) is 13.9. The molecule has 5 amide bonds. The average molecular weight is 722 g/mol. The van der Waals surface area contributed by atoms with Gasteiger partial charge < -0.3 is 38.8 Å². The molecule has 2 aromatic rings. The average Bonchev–Trinajstić information content (AvgIpc) is 3.05. The Kier molecular flexibility index (Phi) is 12.2. The maximum absolute atomic E-state index is 13.8. The smallest absolute Gasteiger partial charge is 0.420 e. The number of morpholine rings is 2. The number of anilines is 3. The van der Waals surface area contributed by atoms with E-state index in [4.69, 9.17) is 23.7 Å². The lowest BCUT2D eigenvalue weighted by molar-refractivity contribution is -0.167. The lowest BCUT2D eigenvalue weighted by atomic mass is 10.1. The number of nitriles is 1. The minimum atomic E-state index is -1.74. The van der Waals surface area contributed by atoms with E-state index in [0.717, 1.165) is 6.92 Å². The fourth-order valence-corrected chi connectivity index (χ4v) is 5.26. The quantitative estimate of drug-likeness (QED) is 0.306. The van der Waals surface area contributed by atoms with Crippen molar-refractivity contribution in [1.82, 2.24) is 4.90 Å². The van der Waals surface area contributed by atoms with Crippen molar-refractivity contribution >= 4 is 52.9 Å². The molecule has 0 aliphatic carbocycles. The summed E-state index contributed by atoms with van der Waals surface area (Å²) in [5.74, 6) is -2.67. The van der Waals surface area contributed by atoms with E-state index in [0.29, 0.717) is 29.4 Å². The topological polar surface area (TPSA) is 194 Å². The summed E-state index contributed by atoms with van der Waals surface area (Å²) in [6.07, 6.45) is -5.32. The van der Waals surface area contributed by atoms with E-state index >= 15 is 0 Å². The molecule has 2 atom stereocenters. The van der Waals surface area contributed by atoms with Crippen molar-refractivity contribution in [1.29, 1.82) is 5.26 Å². The van der Waals surface area contributed by atoms with Crippen LogP contribution >= 0.6 is 0 Å². The molecule has 0 bridgehead atoms. The Morgan fingerprint density at radius 1 is 0.942 bits per heavy atom. The second-order valence-corrected chi connectivity index (χ2v) is 13.9. The highest BCUT2D eigenvalue weighted by Crippen LogP contribution is 2.28. The zero-order chi connectivity index (χ0) is 38.4. The van der Waals surface area contributed by atoms with E-state index in [1.165, 1.54) is 23.1 Å². The van der Waals surface area contributed by atoms with Gasteiger partial charge in [-0.15, -0.1) is 0 Å². The summed E-state index contributed by atoms with van der Waals surface area (Å²) >= 11 is 0. The molecule has 4 rings (SSSR count). The molecule has 2 unspecified atom stereocenters. The summed E-state index contributed by atoms with van der Waals surface area (Å²) in [7, 11) is 0. The standard InChI is InChI=1S/C36H43N5O11/c1-22(42)50-29(30-32(45)40(14-16-49-30)27-10-8-9-26(18-27)39-13-15-48-21-28(39)43)31(44)38-25-12-11-23(19-37)24(17-25)20-41(33(46)51-35(2,3)4)34(47)52-36(5,6)7/h8-12,17-18,29-30H,13-16,20-21H2,1-7H3,(H,38,44). The van der Waals surface area contributed by atoms with Crippen molar-refractivity contribution in [3.63, 3.8) is 0 Å². The van der Waals surface area contributed by atoms with Crippen LogP contribution in [-0.4, -0.2) is 97.1 Å². The van der Waals surface area contributed by atoms with Crippen LogP contribution < -0.4 is 15.1 Å². The number of nitrogens with one attached hydrogen (secondary N) is 1. The first kappa shape index (κ1) is 39.3. The maximum atomic E-state index is 13.8. The third-order valence-electron chi connectivity index (χ3n) is 7.44. The number of esters is 1. The van der Waals surface area contributed by atoms with Gasteiger partial charge in [-0.2, -0.15) is 5.26 Å². The number of hydrogen-bond acceptors (Lipinski definition) is 12. The zero-order valence-corrected chi connectivity index (χ0v) is 30.2. The van der Waals surface area contributed by atoms with Crippen molar-refractivity contribution in [2.24, 2.45) is 0 Å². The van der Waals surface area contributed by atoms with Crippen LogP contribution in [0.15, 0.2) is 42.5 Å². The largest absolute Gasteiger partial charge is 0.449 e. The van der Waals surface area contributed by atoms with Gasteiger partial charge in [0, 0.05) is 37.1 Å². The summed E-state index contributed by atoms with van der Waals surface area (Å²) < 4.78 is 27.1. The van der Waals surface area contributed by atoms with Gasteiger partial charge in [-0.25, -0.2) is 14.5 Å². The van der Waals surface area contributed by atoms with E-state index in [1.807, 2.05) is 6.07 Å². The monoisotopic (exact) mass is 721 g/mol. The Balaban J connectivity index is 1.59. The van der Waals surface area contributed by atoms with Crippen molar-refractivity contribution in [2.45, 2.75) is 78.4 Å². The number of imide groups is 1. The highest BCUT2D eigenvalue weighted by Gasteiger charge is 2.43. The Bertz CT molecular complexity index is 1730.